The third-order valence-electron chi connectivity index (χ3n) is 0.702. The molecular weight excluding hydrogens is 243 g/mol. The van der Waals surface area contributed by atoms with E-state index in [0.29, 0.717) is 14.9 Å². The average molecular weight is 249 g/mol. The van der Waals surface area contributed by atoms with Gasteiger partial charge in [0.15, 0.2) is 0 Å². The summed E-state index contributed by atoms with van der Waals surface area (Å²) in [6, 6.07) is 0. The van der Waals surface area contributed by atoms with Crippen LogP contribution >= 0.6 is 37.9 Å². The standard InChI is InChI=1S/C3H3N3S3.3Na.3H/c7-1-2(8)4-6-5-3(1)9;;;;;;/h(H,6,7)(H2,4,5,8,9);;;;;;. The van der Waals surface area contributed by atoms with E-state index in [9.17, 15) is 0 Å². The van der Waals surface area contributed by atoms with Crippen LogP contribution in [0.1, 0.15) is 0 Å². The molecule has 1 heterocycles. The van der Waals surface area contributed by atoms with Gasteiger partial charge in [-0.1, -0.05) is 0 Å². The van der Waals surface area contributed by atoms with Gasteiger partial charge in [0.2, 0.25) is 0 Å². The Labute approximate surface area is 154 Å². The minimum absolute atomic E-state index is 0. The second kappa shape index (κ2) is 10.6. The number of hydrogen-bond acceptors (Lipinski definition) is 6. The van der Waals surface area contributed by atoms with Crippen LogP contribution in [-0.2, 0) is 0 Å². The SMILES string of the molecule is Sc1nnnc(S)c1S.[NaH].[NaH].[NaH]. The molecule has 0 fully saturated rings. The van der Waals surface area contributed by atoms with Crippen LogP contribution in [0.5, 0.6) is 0 Å². The molecule has 9 heteroatoms. The fourth-order valence-corrected chi connectivity index (χ4v) is 0.771. The van der Waals surface area contributed by atoms with Crippen molar-refractivity contribution in [2.75, 3.05) is 0 Å². The van der Waals surface area contributed by atoms with E-state index in [2.05, 4.69) is 53.3 Å². The van der Waals surface area contributed by atoms with Crippen molar-refractivity contribution in [3.63, 3.8) is 0 Å². The second-order valence-electron chi connectivity index (χ2n) is 1.29. The summed E-state index contributed by atoms with van der Waals surface area (Å²) in [5.74, 6) is 0. The van der Waals surface area contributed by atoms with Crippen molar-refractivity contribution in [3.05, 3.63) is 0 Å². The van der Waals surface area contributed by atoms with E-state index in [-0.39, 0.29) is 88.7 Å². The van der Waals surface area contributed by atoms with Gasteiger partial charge in [-0.15, -0.1) is 48.1 Å². The number of nitrogens with zero attached hydrogens (tertiary/aromatic N) is 3. The van der Waals surface area contributed by atoms with Gasteiger partial charge in [0.25, 0.3) is 0 Å². The molecule has 0 aliphatic carbocycles. The van der Waals surface area contributed by atoms with E-state index in [1.54, 1.807) is 0 Å². The zero-order chi connectivity index (χ0) is 6.85. The summed E-state index contributed by atoms with van der Waals surface area (Å²) in [6.45, 7) is 0. The topological polar surface area (TPSA) is 38.7 Å². The summed E-state index contributed by atoms with van der Waals surface area (Å²) in [5, 5.41) is 11.3. The third kappa shape index (κ3) is 6.53. The van der Waals surface area contributed by atoms with E-state index in [1.807, 2.05) is 0 Å². The van der Waals surface area contributed by atoms with Gasteiger partial charge in [0.05, 0.1) is 4.90 Å². The molecule has 0 radical (unpaired) electrons. The Morgan fingerprint density at radius 3 is 1.33 bits per heavy atom. The minimum atomic E-state index is 0. The molecule has 0 N–H and O–H groups in total. The van der Waals surface area contributed by atoms with Crippen LogP contribution < -0.4 is 0 Å². The molecule has 0 spiro atoms. The first-order chi connectivity index (χ1) is 4.22. The first kappa shape index (κ1) is 20.5. The van der Waals surface area contributed by atoms with Crippen LogP contribution in [0.15, 0.2) is 14.9 Å². The van der Waals surface area contributed by atoms with E-state index in [1.165, 1.54) is 0 Å². The Hall–Kier alpha value is 3.06. The Bertz CT molecular complexity index is 215. The molecule has 0 aliphatic rings. The van der Waals surface area contributed by atoms with Gasteiger partial charge in [-0.05, 0) is 5.21 Å². The second-order valence-corrected chi connectivity index (χ2v) is 2.58. The maximum absolute atomic E-state index is 3.99. The van der Waals surface area contributed by atoms with Gasteiger partial charge in [-0.3, -0.25) is 0 Å². The van der Waals surface area contributed by atoms with Crippen molar-refractivity contribution in [3.8, 4) is 0 Å². The van der Waals surface area contributed by atoms with E-state index in [4.69, 9.17) is 0 Å². The Kier molecular flexibility index (Phi) is 18.0. The molecule has 0 unspecified atom stereocenters. The molecule has 0 atom stereocenters. The molecule has 1 aromatic heterocycles. The number of hydrogen-bond donors (Lipinski definition) is 3. The Morgan fingerprint density at radius 1 is 0.750 bits per heavy atom. The van der Waals surface area contributed by atoms with Crippen molar-refractivity contribution >= 4 is 127 Å². The molecule has 0 saturated heterocycles. The number of aromatic nitrogens is 3. The van der Waals surface area contributed by atoms with Gasteiger partial charge in [-0.25, -0.2) is 0 Å². The van der Waals surface area contributed by atoms with Crippen LogP contribution in [0.3, 0.4) is 0 Å². The van der Waals surface area contributed by atoms with Gasteiger partial charge < -0.3 is 0 Å². The van der Waals surface area contributed by atoms with Crippen molar-refractivity contribution < 1.29 is 0 Å². The molecule has 0 saturated carbocycles. The first-order valence-electron chi connectivity index (χ1n) is 2.02. The average Bonchev–Trinajstić information content (AvgIpc) is 1.83. The fraction of sp³-hybridized carbons (Fsp3) is 0. The fourth-order valence-electron chi connectivity index (χ4n) is 0.302. The van der Waals surface area contributed by atoms with Crippen molar-refractivity contribution in [2.45, 2.75) is 14.9 Å². The van der Waals surface area contributed by atoms with E-state index >= 15 is 0 Å². The Morgan fingerprint density at radius 2 is 1.08 bits per heavy atom. The molecule has 1 aromatic rings. The predicted octanol–water partition coefficient (Wildman–Crippen LogP) is -1.21. The predicted molar refractivity (Wildman–Crippen MR) is 63.0 cm³/mol. The summed E-state index contributed by atoms with van der Waals surface area (Å²) < 4.78 is 0. The molecule has 3 nitrogen and oxygen atoms in total. The summed E-state index contributed by atoms with van der Waals surface area (Å²) in [7, 11) is 0. The number of rotatable bonds is 0. The van der Waals surface area contributed by atoms with Crippen LogP contribution in [0.4, 0.5) is 0 Å². The van der Waals surface area contributed by atoms with Gasteiger partial charge in [-0.2, -0.15) is 0 Å². The molecule has 1 rings (SSSR count). The van der Waals surface area contributed by atoms with Crippen LogP contribution in [0.2, 0.25) is 0 Å². The summed E-state index contributed by atoms with van der Waals surface area (Å²) >= 11 is 11.9. The molecule has 0 amide bonds. The molecular formula is C3H6N3Na3S3. The quantitative estimate of drug-likeness (QED) is 0.399. The van der Waals surface area contributed by atoms with Crippen molar-refractivity contribution in [2.24, 2.45) is 0 Å². The molecule has 0 aromatic carbocycles. The van der Waals surface area contributed by atoms with Crippen LogP contribution in [0.25, 0.3) is 0 Å². The summed E-state index contributed by atoms with van der Waals surface area (Å²) in [5.41, 5.74) is 0. The molecule has 0 aliphatic heterocycles. The zero-order valence-electron chi connectivity index (χ0n) is 4.18. The molecule has 0 bridgehead atoms. The van der Waals surface area contributed by atoms with E-state index in [0.717, 1.165) is 0 Å². The third-order valence-corrected chi connectivity index (χ3v) is 2.10. The van der Waals surface area contributed by atoms with Crippen molar-refractivity contribution in [1.82, 2.24) is 15.4 Å². The van der Waals surface area contributed by atoms with Crippen LogP contribution in [-0.4, -0.2) is 104 Å². The number of thiol groups is 3. The molecule has 54 valence electrons. The zero-order valence-corrected chi connectivity index (χ0v) is 6.87. The van der Waals surface area contributed by atoms with Crippen LogP contribution in [0, 0.1) is 0 Å². The summed E-state index contributed by atoms with van der Waals surface area (Å²) in [4.78, 5) is 0.552. The van der Waals surface area contributed by atoms with Gasteiger partial charge in [0, 0.05) is 0 Å². The van der Waals surface area contributed by atoms with Crippen molar-refractivity contribution in [1.29, 1.82) is 0 Å². The maximum atomic E-state index is 3.99. The first-order valence-corrected chi connectivity index (χ1v) is 3.36. The van der Waals surface area contributed by atoms with E-state index < -0.39 is 0 Å². The summed E-state index contributed by atoms with van der Waals surface area (Å²) in [6.07, 6.45) is 0. The monoisotopic (exact) mass is 249 g/mol. The Balaban J connectivity index is -0.000000270. The van der Waals surface area contributed by atoms with Gasteiger partial charge >= 0.3 is 88.7 Å². The normalized spacial score (nSPS) is 7.25. The van der Waals surface area contributed by atoms with Gasteiger partial charge in [0.1, 0.15) is 10.1 Å². The molecule has 12 heavy (non-hydrogen) atoms.